The van der Waals surface area contributed by atoms with Crippen molar-refractivity contribution in [2.75, 3.05) is 0 Å². The van der Waals surface area contributed by atoms with E-state index in [2.05, 4.69) is 15.9 Å². The maximum absolute atomic E-state index is 12.3. The smallest absolute Gasteiger partial charge is 0.338 e. The fourth-order valence-electron chi connectivity index (χ4n) is 2.91. The third-order valence-electron chi connectivity index (χ3n) is 4.22. The highest BCUT2D eigenvalue weighted by Gasteiger charge is 2.18. The van der Waals surface area contributed by atoms with Crippen LogP contribution in [0.1, 0.15) is 48.0 Å². The van der Waals surface area contributed by atoms with Crippen molar-refractivity contribution in [2.24, 2.45) is 0 Å². The van der Waals surface area contributed by atoms with E-state index in [9.17, 15) is 4.79 Å². The molecule has 2 aromatic rings. The first-order valence-electron chi connectivity index (χ1n) is 8.39. The van der Waals surface area contributed by atoms with Gasteiger partial charge in [0.25, 0.3) is 0 Å². The number of ether oxygens (including phenoxy) is 2. The van der Waals surface area contributed by atoms with Crippen molar-refractivity contribution in [3.05, 3.63) is 64.1 Å². The number of carbonyl (C=O) groups excluding carboxylic acids is 1. The Kier molecular flexibility index (Phi) is 5.91. The van der Waals surface area contributed by atoms with Crippen LogP contribution in [0.3, 0.4) is 0 Å². The van der Waals surface area contributed by atoms with Crippen molar-refractivity contribution in [1.29, 1.82) is 0 Å². The number of hydrogen-bond acceptors (Lipinski definition) is 3. The van der Waals surface area contributed by atoms with Crippen molar-refractivity contribution in [2.45, 2.75) is 44.8 Å². The molecule has 1 fully saturated rings. The SMILES string of the molecule is O=C(OC1CCCCC1)c1cccc(COc2ccccc2Br)c1. The molecule has 0 amide bonds. The Morgan fingerprint density at radius 3 is 2.62 bits per heavy atom. The zero-order valence-corrected chi connectivity index (χ0v) is 15.1. The van der Waals surface area contributed by atoms with Crippen LogP contribution in [0.4, 0.5) is 0 Å². The van der Waals surface area contributed by atoms with Gasteiger partial charge in [-0.1, -0.05) is 30.7 Å². The largest absolute Gasteiger partial charge is 0.488 e. The van der Waals surface area contributed by atoms with Gasteiger partial charge in [0.2, 0.25) is 0 Å². The average Bonchev–Trinajstić information content (AvgIpc) is 2.62. The molecule has 126 valence electrons. The van der Waals surface area contributed by atoms with E-state index in [0.717, 1.165) is 41.5 Å². The summed E-state index contributed by atoms with van der Waals surface area (Å²) in [6, 6.07) is 15.2. The van der Waals surface area contributed by atoms with Gasteiger partial charge in [0.05, 0.1) is 10.0 Å². The van der Waals surface area contributed by atoms with E-state index >= 15 is 0 Å². The molecule has 0 N–H and O–H groups in total. The highest BCUT2D eigenvalue weighted by Crippen LogP contribution is 2.25. The van der Waals surface area contributed by atoms with Gasteiger partial charge in [-0.2, -0.15) is 0 Å². The molecule has 0 bridgehead atoms. The maximum Gasteiger partial charge on any atom is 0.338 e. The van der Waals surface area contributed by atoms with Gasteiger partial charge in [-0.3, -0.25) is 0 Å². The number of benzene rings is 2. The lowest BCUT2D eigenvalue weighted by molar-refractivity contribution is 0.0211. The van der Waals surface area contributed by atoms with E-state index in [1.807, 2.05) is 42.5 Å². The molecule has 0 unspecified atom stereocenters. The fraction of sp³-hybridized carbons (Fsp3) is 0.350. The topological polar surface area (TPSA) is 35.5 Å². The summed E-state index contributed by atoms with van der Waals surface area (Å²) in [5, 5.41) is 0. The van der Waals surface area contributed by atoms with Gasteiger partial charge in [0, 0.05) is 0 Å². The molecule has 0 spiro atoms. The van der Waals surface area contributed by atoms with Crippen LogP contribution in [0.5, 0.6) is 5.75 Å². The van der Waals surface area contributed by atoms with Crippen LogP contribution in [0, 0.1) is 0 Å². The van der Waals surface area contributed by atoms with E-state index in [1.54, 1.807) is 6.07 Å². The van der Waals surface area contributed by atoms with Crippen LogP contribution in [0.2, 0.25) is 0 Å². The quantitative estimate of drug-likeness (QED) is 0.632. The summed E-state index contributed by atoms with van der Waals surface area (Å²) in [5.41, 5.74) is 1.54. The molecule has 0 atom stereocenters. The van der Waals surface area contributed by atoms with Crippen molar-refractivity contribution in [3.8, 4) is 5.75 Å². The first-order valence-corrected chi connectivity index (χ1v) is 9.19. The minimum Gasteiger partial charge on any atom is -0.488 e. The Morgan fingerprint density at radius 2 is 1.83 bits per heavy atom. The number of para-hydroxylation sites is 1. The molecule has 3 rings (SSSR count). The summed E-state index contributed by atoms with van der Waals surface area (Å²) < 4.78 is 12.4. The molecule has 24 heavy (non-hydrogen) atoms. The Morgan fingerprint density at radius 1 is 1.04 bits per heavy atom. The van der Waals surface area contributed by atoms with Gasteiger partial charge in [-0.05, 0) is 71.4 Å². The molecule has 0 aromatic heterocycles. The Bertz CT molecular complexity index is 693. The average molecular weight is 389 g/mol. The van der Waals surface area contributed by atoms with E-state index < -0.39 is 0 Å². The zero-order chi connectivity index (χ0) is 16.8. The number of rotatable bonds is 5. The van der Waals surface area contributed by atoms with Crippen LogP contribution in [-0.4, -0.2) is 12.1 Å². The van der Waals surface area contributed by atoms with Crippen LogP contribution in [0.15, 0.2) is 53.0 Å². The van der Waals surface area contributed by atoms with Gasteiger partial charge in [0.1, 0.15) is 18.5 Å². The highest BCUT2D eigenvalue weighted by molar-refractivity contribution is 9.10. The summed E-state index contributed by atoms with van der Waals surface area (Å²) in [7, 11) is 0. The molecule has 1 saturated carbocycles. The second-order valence-corrected chi connectivity index (χ2v) is 6.94. The lowest BCUT2D eigenvalue weighted by Gasteiger charge is -2.21. The van der Waals surface area contributed by atoms with E-state index in [4.69, 9.17) is 9.47 Å². The molecule has 0 aliphatic heterocycles. The van der Waals surface area contributed by atoms with Crippen molar-refractivity contribution < 1.29 is 14.3 Å². The van der Waals surface area contributed by atoms with Gasteiger partial charge in [-0.15, -0.1) is 0 Å². The molecule has 0 saturated heterocycles. The molecule has 0 radical (unpaired) electrons. The minimum absolute atomic E-state index is 0.0754. The first kappa shape index (κ1) is 17.0. The standard InChI is InChI=1S/C20H21BrO3/c21-18-11-4-5-12-19(18)23-14-15-7-6-8-16(13-15)20(22)24-17-9-2-1-3-10-17/h4-8,11-13,17H,1-3,9-10,14H2. The van der Waals surface area contributed by atoms with Crippen LogP contribution in [0.25, 0.3) is 0 Å². The van der Waals surface area contributed by atoms with Crippen molar-refractivity contribution >= 4 is 21.9 Å². The molecule has 0 heterocycles. The number of esters is 1. The third kappa shape index (κ3) is 4.60. The molecular weight excluding hydrogens is 368 g/mol. The number of hydrogen-bond donors (Lipinski definition) is 0. The van der Waals surface area contributed by atoms with Crippen molar-refractivity contribution in [3.63, 3.8) is 0 Å². The van der Waals surface area contributed by atoms with Crippen LogP contribution >= 0.6 is 15.9 Å². The number of carbonyl (C=O) groups is 1. The predicted molar refractivity (Wildman–Crippen MR) is 97.2 cm³/mol. The monoisotopic (exact) mass is 388 g/mol. The Hall–Kier alpha value is -1.81. The van der Waals surface area contributed by atoms with Crippen molar-refractivity contribution in [1.82, 2.24) is 0 Å². The van der Waals surface area contributed by atoms with E-state index in [0.29, 0.717) is 12.2 Å². The molecule has 2 aromatic carbocycles. The molecule has 1 aliphatic rings. The van der Waals surface area contributed by atoms with Gasteiger partial charge in [-0.25, -0.2) is 4.79 Å². The van der Waals surface area contributed by atoms with Gasteiger partial charge < -0.3 is 9.47 Å². The van der Waals surface area contributed by atoms with E-state index in [1.165, 1.54) is 6.42 Å². The molecular formula is C20H21BrO3. The van der Waals surface area contributed by atoms with Crippen LogP contribution < -0.4 is 4.74 Å². The molecule has 3 nitrogen and oxygen atoms in total. The Balaban J connectivity index is 1.61. The highest BCUT2D eigenvalue weighted by atomic mass is 79.9. The summed E-state index contributed by atoms with van der Waals surface area (Å²) >= 11 is 3.46. The summed E-state index contributed by atoms with van der Waals surface area (Å²) in [6.45, 7) is 0.410. The summed E-state index contributed by atoms with van der Waals surface area (Å²) in [6.07, 6.45) is 5.59. The summed E-state index contributed by atoms with van der Waals surface area (Å²) in [4.78, 5) is 12.3. The van der Waals surface area contributed by atoms with Gasteiger partial charge >= 0.3 is 5.97 Å². The second-order valence-electron chi connectivity index (χ2n) is 6.08. The molecule has 4 heteroatoms. The molecule has 1 aliphatic carbocycles. The lowest BCUT2D eigenvalue weighted by Crippen LogP contribution is -2.21. The third-order valence-corrected chi connectivity index (χ3v) is 4.87. The Labute approximate surface area is 151 Å². The minimum atomic E-state index is -0.232. The maximum atomic E-state index is 12.3. The predicted octanol–water partition coefficient (Wildman–Crippen LogP) is 5.52. The summed E-state index contributed by atoms with van der Waals surface area (Å²) in [5.74, 6) is 0.553. The lowest BCUT2D eigenvalue weighted by atomic mass is 9.98. The normalized spacial score (nSPS) is 15.0. The first-order chi connectivity index (χ1) is 11.7. The number of halogens is 1. The fourth-order valence-corrected chi connectivity index (χ4v) is 3.31. The zero-order valence-electron chi connectivity index (χ0n) is 13.5. The van der Waals surface area contributed by atoms with E-state index in [-0.39, 0.29) is 12.1 Å². The van der Waals surface area contributed by atoms with Gasteiger partial charge in [0.15, 0.2) is 0 Å². The second kappa shape index (κ2) is 8.34. The van der Waals surface area contributed by atoms with Crippen LogP contribution in [-0.2, 0) is 11.3 Å².